The van der Waals surface area contributed by atoms with Crippen molar-refractivity contribution in [3.8, 4) is 5.75 Å². The molecule has 0 amide bonds. The number of hydrogen-bond donors (Lipinski definition) is 1. The predicted octanol–water partition coefficient (Wildman–Crippen LogP) is 2.37. The first-order valence-corrected chi connectivity index (χ1v) is 9.37. The Hall–Kier alpha value is -2.40. The fourth-order valence-corrected chi connectivity index (χ4v) is 4.44. The van der Waals surface area contributed by atoms with Crippen LogP contribution in [0.25, 0.3) is 0 Å². The smallest absolute Gasteiger partial charge is 0.208 e. The number of halogens is 1. The van der Waals surface area contributed by atoms with Gasteiger partial charge in [0.2, 0.25) is 5.72 Å². The second-order valence-electron chi connectivity index (χ2n) is 7.66. The minimum Gasteiger partial charge on any atom is -0.466 e. The van der Waals surface area contributed by atoms with Gasteiger partial charge in [-0.15, -0.1) is 0 Å². The summed E-state index contributed by atoms with van der Waals surface area (Å²) < 4.78 is 19.9. The topological polar surface area (TPSA) is 29.3 Å². The number of hydrogen-bond acceptors (Lipinski definition) is 3. The van der Waals surface area contributed by atoms with Crippen LogP contribution in [-0.2, 0) is 0 Å². The van der Waals surface area contributed by atoms with Crippen molar-refractivity contribution in [3.05, 3.63) is 65.5 Å². The Labute approximate surface area is 152 Å². The van der Waals surface area contributed by atoms with Gasteiger partial charge in [0.25, 0.3) is 0 Å². The predicted molar refractivity (Wildman–Crippen MR) is 97.8 cm³/mol. The Morgan fingerprint density at radius 2 is 1.85 bits per heavy atom. The van der Waals surface area contributed by atoms with Gasteiger partial charge >= 0.3 is 0 Å². The molecule has 1 atom stereocenters. The van der Waals surface area contributed by atoms with Gasteiger partial charge in [-0.25, -0.2) is 9.40 Å². The van der Waals surface area contributed by atoms with Crippen molar-refractivity contribution >= 4 is 5.71 Å². The van der Waals surface area contributed by atoms with Crippen LogP contribution in [0.5, 0.6) is 5.75 Å². The van der Waals surface area contributed by atoms with E-state index in [-0.39, 0.29) is 17.6 Å². The summed E-state index contributed by atoms with van der Waals surface area (Å²) in [5, 5.41) is 7.21. The number of quaternary nitrogens is 1. The summed E-state index contributed by atoms with van der Waals surface area (Å²) in [7, 11) is 2.23. The molecule has 5 heteroatoms. The van der Waals surface area contributed by atoms with E-state index in [9.17, 15) is 4.39 Å². The van der Waals surface area contributed by atoms with E-state index >= 15 is 0 Å². The first-order valence-electron chi connectivity index (χ1n) is 9.37. The average molecular weight is 352 g/mol. The van der Waals surface area contributed by atoms with Gasteiger partial charge in [0.05, 0.1) is 44.7 Å². The Kier molecular flexibility index (Phi) is 3.54. The van der Waals surface area contributed by atoms with E-state index in [1.165, 1.54) is 22.6 Å². The van der Waals surface area contributed by atoms with Gasteiger partial charge in [-0.2, -0.15) is 5.10 Å². The molecular weight excluding hydrogens is 329 g/mol. The summed E-state index contributed by atoms with van der Waals surface area (Å²) in [4.78, 5) is 1.54. The van der Waals surface area contributed by atoms with Crippen LogP contribution in [0.2, 0.25) is 0 Å². The van der Waals surface area contributed by atoms with Crippen molar-refractivity contribution < 1.29 is 14.0 Å². The Morgan fingerprint density at radius 3 is 2.62 bits per heavy atom. The lowest BCUT2D eigenvalue weighted by molar-refractivity contribution is -0.888. The third kappa shape index (κ3) is 2.42. The van der Waals surface area contributed by atoms with Crippen LogP contribution >= 0.6 is 0 Å². The molecule has 1 fully saturated rings. The highest BCUT2D eigenvalue weighted by Crippen LogP contribution is 2.49. The van der Waals surface area contributed by atoms with Crippen LogP contribution in [0.4, 0.5) is 4.39 Å². The third-order valence-electron chi connectivity index (χ3n) is 5.97. The Bertz CT molecular complexity index is 856. The molecule has 2 aromatic rings. The molecular formula is C21H23FN3O+. The minimum atomic E-state index is -0.361. The molecule has 0 unspecified atom stereocenters. The fourth-order valence-electron chi connectivity index (χ4n) is 4.44. The summed E-state index contributed by atoms with van der Waals surface area (Å²) in [6, 6.07) is 15.2. The number of piperidine rings is 1. The summed E-state index contributed by atoms with van der Waals surface area (Å²) in [5.41, 5.74) is 2.85. The Balaban J connectivity index is 1.57. The molecule has 3 heterocycles. The molecule has 0 saturated carbocycles. The molecule has 134 valence electrons. The first-order chi connectivity index (χ1) is 12.6. The molecule has 2 aromatic carbocycles. The maximum absolute atomic E-state index is 13.3. The molecule has 0 aliphatic carbocycles. The molecule has 4 nitrogen and oxygen atoms in total. The van der Waals surface area contributed by atoms with Crippen LogP contribution in [0, 0.1) is 5.82 Å². The lowest BCUT2D eigenvalue weighted by Crippen LogP contribution is -3.11. The quantitative estimate of drug-likeness (QED) is 0.854. The molecule has 1 saturated heterocycles. The summed E-state index contributed by atoms with van der Waals surface area (Å²) >= 11 is 0. The average Bonchev–Trinajstić information content (AvgIpc) is 3.12. The number of fused-ring (bicyclic) bond motifs is 4. The summed E-state index contributed by atoms with van der Waals surface area (Å²) in [6.07, 6.45) is 2.75. The lowest BCUT2D eigenvalue weighted by atomic mass is 9.91. The van der Waals surface area contributed by atoms with Crippen molar-refractivity contribution in [3.63, 3.8) is 0 Å². The molecule has 0 bridgehead atoms. The van der Waals surface area contributed by atoms with Gasteiger partial charge in [-0.3, -0.25) is 0 Å². The lowest BCUT2D eigenvalue weighted by Gasteiger charge is -2.49. The zero-order valence-electron chi connectivity index (χ0n) is 14.9. The number of benzene rings is 2. The molecule has 26 heavy (non-hydrogen) atoms. The maximum Gasteiger partial charge on any atom is 0.208 e. The normalized spacial score (nSPS) is 29.8. The molecule has 0 aromatic heterocycles. The molecule has 3 aliphatic rings. The molecule has 3 aliphatic heterocycles. The second-order valence-corrected chi connectivity index (χ2v) is 7.66. The van der Waals surface area contributed by atoms with E-state index in [0.717, 1.165) is 49.4 Å². The van der Waals surface area contributed by atoms with E-state index in [2.05, 4.69) is 30.3 Å². The summed E-state index contributed by atoms with van der Waals surface area (Å²) in [5.74, 6) is 0.775. The van der Waals surface area contributed by atoms with Crippen LogP contribution in [-0.4, -0.2) is 36.6 Å². The van der Waals surface area contributed by atoms with Crippen molar-refractivity contribution in [2.45, 2.75) is 31.0 Å². The van der Waals surface area contributed by atoms with Gasteiger partial charge < -0.3 is 9.64 Å². The number of ether oxygens (including phenoxy) is 1. The first kappa shape index (κ1) is 15.8. The third-order valence-corrected chi connectivity index (χ3v) is 5.97. The van der Waals surface area contributed by atoms with Crippen molar-refractivity contribution in [2.24, 2.45) is 5.10 Å². The number of hydrazone groups is 1. The highest BCUT2D eigenvalue weighted by Gasteiger charge is 2.52. The molecule has 0 radical (unpaired) electrons. The zero-order valence-corrected chi connectivity index (χ0v) is 14.9. The van der Waals surface area contributed by atoms with E-state index in [1.807, 2.05) is 18.2 Å². The standard InChI is InChI=1S/C21H22FN3O/c1-24-12-10-21(11-13-24)25-19(17-4-2-3-5-20(17)26-21)14-18(23-25)15-6-8-16(22)9-7-15/h2-9,19H,10-14H2,1H3/p+1/t19-/m0/s1. The van der Waals surface area contributed by atoms with Gasteiger partial charge in [0, 0.05) is 12.0 Å². The van der Waals surface area contributed by atoms with E-state index in [0.29, 0.717) is 0 Å². The van der Waals surface area contributed by atoms with E-state index < -0.39 is 0 Å². The van der Waals surface area contributed by atoms with Crippen LogP contribution in [0.1, 0.15) is 36.4 Å². The fraction of sp³-hybridized carbons (Fsp3) is 0.381. The highest BCUT2D eigenvalue weighted by molar-refractivity contribution is 6.01. The monoisotopic (exact) mass is 352 g/mol. The van der Waals surface area contributed by atoms with Gasteiger partial charge in [-0.1, -0.05) is 30.3 Å². The number of rotatable bonds is 1. The molecule has 1 spiro atoms. The number of likely N-dealkylation sites (tertiary alicyclic amines) is 1. The Morgan fingerprint density at radius 1 is 1.12 bits per heavy atom. The van der Waals surface area contributed by atoms with Crippen molar-refractivity contribution in [1.29, 1.82) is 0 Å². The van der Waals surface area contributed by atoms with E-state index in [4.69, 9.17) is 9.84 Å². The maximum atomic E-state index is 13.3. The number of nitrogens with zero attached hydrogens (tertiary/aromatic N) is 2. The van der Waals surface area contributed by atoms with Gasteiger partial charge in [-0.05, 0) is 23.8 Å². The van der Waals surface area contributed by atoms with Crippen LogP contribution in [0.15, 0.2) is 53.6 Å². The zero-order chi connectivity index (χ0) is 17.7. The largest absolute Gasteiger partial charge is 0.466 e. The number of para-hydroxylation sites is 1. The van der Waals surface area contributed by atoms with Gasteiger partial charge in [0.15, 0.2) is 0 Å². The number of nitrogens with one attached hydrogen (secondary N) is 1. The van der Waals surface area contributed by atoms with Crippen LogP contribution < -0.4 is 9.64 Å². The van der Waals surface area contributed by atoms with Gasteiger partial charge in [0.1, 0.15) is 11.6 Å². The molecule has 5 rings (SSSR count). The van der Waals surface area contributed by atoms with Crippen molar-refractivity contribution in [2.75, 3.05) is 20.1 Å². The highest BCUT2D eigenvalue weighted by atomic mass is 19.1. The minimum absolute atomic E-state index is 0.193. The summed E-state index contributed by atoms with van der Waals surface area (Å²) in [6.45, 7) is 2.15. The van der Waals surface area contributed by atoms with E-state index in [1.54, 1.807) is 0 Å². The SMILES string of the molecule is C[NH+]1CCC2(CC1)Oc1ccccc1[C@@H]1CC(c3ccc(F)cc3)=NN12. The second kappa shape index (κ2) is 5.81. The molecule has 1 N–H and O–H groups in total. The van der Waals surface area contributed by atoms with Crippen LogP contribution in [0.3, 0.4) is 0 Å². The van der Waals surface area contributed by atoms with Crippen molar-refractivity contribution in [1.82, 2.24) is 5.01 Å².